The van der Waals surface area contributed by atoms with Crippen molar-refractivity contribution in [1.29, 1.82) is 0 Å². The molecule has 0 aliphatic carbocycles. The second-order valence-electron chi connectivity index (χ2n) is 6.16. The fourth-order valence-electron chi connectivity index (χ4n) is 2.69. The van der Waals surface area contributed by atoms with E-state index in [-0.39, 0.29) is 18.1 Å². The number of nitrogens with zero attached hydrogens (tertiary/aromatic N) is 2. The molecule has 146 valence electrons. The van der Waals surface area contributed by atoms with E-state index >= 15 is 0 Å². The summed E-state index contributed by atoms with van der Waals surface area (Å²) in [5.41, 5.74) is -1.45. The number of carbonyl (C=O) groups excluding carboxylic acids is 1. The molecule has 0 spiro atoms. The molecule has 11 heteroatoms. The first-order chi connectivity index (χ1) is 11.9. The Labute approximate surface area is 155 Å². The molecular weight excluding hydrogens is 395 g/mol. The predicted octanol–water partition coefficient (Wildman–Crippen LogP) is 2.82. The number of hydrogen-bond acceptors (Lipinski definition) is 3. The van der Waals surface area contributed by atoms with Gasteiger partial charge in [-0.25, -0.2) is 0 Å². The molecule has 0 saturated carbocycles. The van der Waals surface area contributed by atoms with Gasteiger partial charge in [-0.1, -0.05) is 11.6 Å². The van der Waals surface area contributed by atoms with Crippen LogP contribution in [0.4, 0.5) is 18.9 Å². The van der Waals surface area contributed by atoms with Crippen LogP contribution in [0.3, 0.4) is 0 Å². The summed E-state index contributed by atoms with van der Waals surface area (Å²) >= 11 is 5.62. The highest BCUT2D eigenvalue weighted by Gasteiger charge is 2.36. The van der Waals surface area contributed by atoms with Crippen molar-refractivity contribution >= 4 is 33.4 Å². The molecule has 1 aliphatic rings. The molecule has 0 unspecified atom stereocenters. The van der Waals surface area contributed by atoms with Crippen molar-refractivity contribution in [3.8, 4) is 0 Å². The molecule has 6 nitrogen and oxygen atoms in total. The van der Waals surface area contributed by atoms with Crippen molar-refractivity contribution in [2.24, 2.45) is 5.92 Å². The summed E-state index contributed by atoms with van der Waals surface area (Å²) in [6.45, 7) is 0.181. The standard InChI is InChI=1S/C15H19ClF3N3O3S/c1-21(2)26(24,25)22-7-3-4-10(9-22)14(23)20-13-6-5-11(16)8-12(13)15(17,18)19/h5-6,8,10H,3-4,7,9H2,1-2H3,(H,20,23)/t10-/m1/s1. The summed E-state index contributed by atoms with van der Waals surface area (Å²) in [6, 6.07) is 3.07. The van der Waals surface area contributed by atoms with Crippen LogP contribution in [-0.2, 0) is 21.2 Å². The molecule has 1 fully saturated rings. The molecular formula is C15H19ClF3N3O3S. The first-order valence-electron chi connectivity index (χ1n) is 7.78. The number of alkyl halides is 3. The van der Waals surface area contributed by atoms with Gasteiger partial charge in [-0.2, -0.15) is 30.2 Å². The van der Waals surface area contributed by atoms with Crippen molar-refractivity contribution in [3.05, 3.63) is 28.8 Å². The van der Waals surface area contributed by atoms with E-state index in [1.807, 2.05) is 0 Å². The fraction of sp³-hybridized carbons (Fsp3) is 0.533. The summed E-state index contributed by atoms with van der Waals surface area (Å²) in [7, 11) is -0.932. The highest BCUT2D eigenvalue weighted by Crippen LogP contribution is 2.37. The van der Waals surface area contributed by atoms with Crippen LogP contribution in [0, 0.1) is 5.92 Å². The van der Waals surface area contributed by atoms with E-state index in [2.05, 4.69) is 5.32 Å². The number of piperidine rings is 1. The SMILES string of the molecule is CN(C)S(=O)(=O)N1CCC[C@@H](C(=O)Nc2ccc(Cl)cc2C(F)(F)F)C1. The Morgan fingerprint density at radius 1 is 1.35 bits per heavy atom. The van der Waals surface area contributed by atoms with Crippen molar-refractivity contribution in [3.63, 3.8) is 0 Å². The molecule has 1 atom stereocenters. The highest BCUT2D eigenvalue weighted by molar-refractivity contribution is 7.86. The maximum atomic E-state index is 13.1. The lowest BCUT2D eigenvalue weighted by Crippen LogP contribution is -2.47. The van der Waals surface area contributed by atoms with Crippen molar-refractivity contribution in [2.45, 2.75) is 19.0 Å². The van der Waals surface area contributed by atoms with Gasteiger partial charge >= 0.3 is 6.18 Å². The molecule has 1 heterocycles. The average molecular weight is 414 g/mol. The van der Waals surface area contributed by atoms with Crippen molar-refractivity contribution < 1.29 is 26.4 Å². The van der Waals surface area contributed by atoms with Crippen LogP contribution in [0.5, 0.6) is 0 Å². The number of amides is 1. The normalized spacial score (nSPS) is 19.6. The number of nitrogens with one attached hydrogen (secondary N) is 1. The monoisotopic (exact) mass is 413 g/mol. The van der Waals surface area contributed by atoms with Crippen LogP contribution in [0.2, 0.25) is 5.02 Å². The van der Waals surface area contributed by atoms with Crippen molar-refractivity contribution in [2.75, 3.05) is 32.5 Å². The van der Waals surface area contributed by atoms with Crippen LogP contribution < -0.4 is 5.32 Å². The summed E-state index contributed by atoms with van der Waals surface area (Å²) in [5.74, 6) is -1.40. The van der Waals surface area contributed by atoms with Gasteiger partial charge in [0.1, 0.15) is 0 Å². The third-order valence-electron chi connectivity index (χ3n) is 4.09. The molecule has 1 saturated heterocycles. The van der Waals surface area contributed by atoms with Gasteiger partial charge in [0.05, 0.1) is 17.2 Å². The van der Waals surface area contributed by atoms with E-state index in [4.69, 9.17) is 11.6 Å². The van der Waals surface area contributed by atoms with Crippen LogP contribution in [0.25, 0.3) is 0 Å². The Balaban J connectivity index is 2.18. The largest absolute Gasteiger partial charge is 0.418 e. The van der Waals surface area contributed by atoms with Gasteiger partial charge in [-0.05, 0) is 31.0 Å². The van der Waals surface area contributed by atoms with Crippen LogP contribution >= 0.6 is 11.6 Å². The Morgan fingerprint density at radius 3 is 2.58 bits per heavy atom. The molecule has 1 amide bonds. The summed E-state index contributed by atoms with van der Waals surface area (Å²) in [5, 5.41) is 2.16. The highest BCUT2D eigenvalue weighted by atomic mass is 35.5. The molecule has 0 bridgehead atoms. The quantitative estimate of drug-likeness (QED) is 0.825. The van der Waals surface area contributed by atoms with E-state index in [0.717, 1.165) is 20.7 Å². The first kappa shape index (κ1) is 20.9. The molecule has 1 aliphatic heterocycles. The fourth-order valence-corrected chi connectivity index (χ4v) is 4.05. The smallest absolute Gasteiger partial charge is 0.325 e. The van der Waals surface area contributed by atoms with E-state index in [1.165, 1.54) is 20.2 Å². The van der Waals surface area contributed by atoms with Gasteiger partial charge in [0.2, 0.25) is 5.91 Å². The lowest BCUT2D eigenvalue weighted by Gasteiger charge is -2.32. The van der Waals surface area contributed by atoms with Crippen LogP contribution in [0.15, 0.2) is 18.2 Å². The lowest BCUT2D eigenvalue weighted by atomic mass is 9.98. The number of hydrogen-bond donors (Lipinski definition) is 1. The van der Waals surface area contributed by atoms with Crippen LogP contribution in [-0.4, -0.2) is 50.1 Å². The van der Waals surface area contributed by atoms with Gasteiger partial charge in [-0.3, -0.25) is 4.79 Å². The lowest BCUT2D eigenvalue weighted by molar-refractivity contribution is -0.137. The number of rotatable bonds is 4. The zero-order chi connectivity index (χ0) is 19.7. The van der Waals surface area contributed by atoms with Gasteiger partial charge in [0, 0.05) is 32.2 Å². The third kappa shape index (κ3) is 4.67. The zero-order valence-electron chi connectivity index (χ0n) is 14.2. The average Bonchev–Trinajstić information content (AvgIpc) is 2.55. The molecule has 26 heavy (non-hydrogen) atoms. The van der Waals surface area contributed by atoms with Gasteiger partial charge in [-0.15, -0.1) is 0 Å². The minimum absolute atomic E-state index is 0.0821. The molecule has 0 radical (unpaired) electrons. The second kappa shape index (κ2) is 7.71. The second-order valence-corrected chi connectivity index (χ2v) is 8.74. The Bertz CT molecular complexity index is 784. The summed E-state index contributed by atoms with van der Waals surface area (Å²) in [4.78, 5) is 12.4. The number of carbonyl (C=O) groups is 1. The first-order valence-corrected chi connectivity index (χ1v) is 9.55. The van der Waals surface area contributed by atoms with Crippen LogP contribution in [0.1, 0.15) is 18.4 Å². The zero-order valence-corrected chi connectivity index (χ0v) is 15.7. The van der Waals surface area contributed by atoms with E-state index in [9.17, 15) is 26.4 Å². The Hall–Kier alpha value is -1.36. The molecule has 1 aromatic carbocycles. The van der Waals surface area contributed by atoms with Gasteiger partial charge < -0.3 is 5.32 Å². The molecule has 0 aromatic heterocycles. The molecule has 1 aromatic rings. The minimum atomic E-state index is -4.68. The summed E-state index contributed by atoms with van der Waals surface area (Å²) in [6.07, 6.45) is -3.85. The summed E-state index contributed by atoms with van der Waals surface area (Å²) < 4.78 is 66.0. The Morgan fingerprint density at radius 2 is 2.00 bits per heavy atom. The van der Waals surface area contributed by atoms with Gasteiger partial charge in [0.25, 0.3) is 10.2 Å². The van der Waals surface area contributed by atoms with Gasteiger partial charge in [0.15, 0.2) is 0 Å². The minimum Gasteiger partial charge on any atom is -0.325 e. The van der Waals surface area contributed by atoms with E-state index in [0.29, 0.717) is 12.8 Å². The van der Waals surface area contributed by atoms with E-state index < -0.39 is 39.5 Å². The Kier molecular flexibility index (Phi) is 6.21. The van der Waals surface area contributed by atoms with Crippen molar-refractivity contribution in [1.82, 2.24) is 8.61 Å². The topological polar surface area (TPSA) is 69.7 Å². The predicted molar refractivity (Wildman–Crippen MR) is 92.0 cm³/mol. The number of anilines is 1. The third-order valence-corrected chi connectivity index (χ3v) is 6.23. The molecule has 1 N–H and O–H groups in total. The molecule has 2 rings (SSSR count). The number of halogens is 4. The number of benzene rings is 1. The maximum Gasteiger partial charge on any atom is 0.418 e. The maximum absolute atomic E-state index is 13.1. The van der Waals surface area contributed by atoms with E-state index in [1.54, 1.807) is 0 Å².